The fourth-order valence-electron chi connectivity index (χ4n) is 5.43. The molecule has 2 aliphatic rings. The zero-order valence-corrected chi connectivity index (χ0v) is 22.2. The van der Waals surface area contributed by atoms with E-state index in [1.165, 1.54) is 28.8 Å². The van der Waals surface area contributed by atoms with Crippen molar-refractivity contribution in [3.8, 4) is 5.75 Å². The van der Waals surface area contributed by atoms with Crippen LogP contribution in [0.4, 0.5) is 5.69 Å². The molecule has 3 aromatic rings. The summed E-state index contributed by atoms with van der Waals surface area (Å²) in [5.74, 6) is 0.804. The number of fused-ring (bicyclic) bond motifs is 1. The smallest absolute Gasteiger partial charge is 0.272 e. The van der Waals surface area contributed by atoms with Crippen LogP contribution < -0.4 is 15.0 Å². The Hall–Kier alpha value is -3.32. The summed E-state index contributed by atoms with van der Waals surface area (Å²) < 4.78 is 6.00. The third kappa shape index (κ3) is 6.16. The number of aryl methyl sites for hydroxylation is 2. The average molecular weight is 502 g/mol. The van der Waals surface area contributed by atoms with Gasteiger partial charge in [-0.25, -0.2) is 0 Å². The van der Waals surface area contributed by atoms with Gasteiger partial charge in [-0.15, -0.1) is 0 Å². The van der Waals surface area contributed by atoms with Gasteiger partial charge in [0.15, 0.2) is 5.69 Å². The molecular weight excluding hydrogens is 462 g/mol. The number of amides is 1. The number of hydrogen-bond donors (Lipinski definition) is 2. The molecule has 0 atom stereocenters. The lowest BCUT2D eigenvalue weighted by Crippen LogP contribution is -2.46. The van der Waals surface area contributed by atoms with E-state index < -0.39 is 0 Å². The van der Waals surface area contributed by atoms with Crippen LogP contribution in [0, 0.1) is 13.8 Å². The molecule has 196 valence electrons. The fourth-order valence-corrected chi connectivity index (χ4v) is 5.43. The molecule has 1 saturated heterocycles. The number of anilines is 1. The number of nitrogens with zero attached hydrogens (tertiary/aromatic N) is 3. The van der Waals surface area contributed by atoms with Crippen LogP contribution in [0.2, 0.25) is 0 Å². The Balaban J connectivity index is 1.04. The molecule has 0 bridgehead atoms. The minimum atomic E-state index is -0.0842. The number of carbonyl (C=O) groups is 1. The Labute approximate surface area is 220 Å². The van der Waals surface area contributed by atoms with Crippen molar-refractivity contribution in [3.63, 3.8) is 0 Å². The van der Waals surface area contributed by atoms with Gasteiger partial charge in [-0.05, 0) is 80.8 Å². The number of hydrogen-bond acceptors (Lipinski definition) is 5. The highest BCUT2D eigenvalue weighted by Crippen LogP contribution is 2.25. The Bertz CT molecular complexity index is 1210. The number of aromatic nitrogens is 2. The second-order valence-corrected chi connectivity index (χ2v) is 10.3. The lowest BCUT2D eigenvalue weighted by Gasteiger charge is -2.37. The molecule has 2 N–H and O–H groups in total. The molecule has 7 heteroatoms. The first-order valence-electron chi connectivity index (χ1n) is 13.7. The Morgan fingerprint density at radius 3 is 2.73 bits per heavy atom. The summed E-state index contributed by atoms with van der Waals surface area (Å²) in [6.07, 6.45) is 4.98. The van der Waals surface area contributed by atoms with Crippen molar-refractivity contribution >= 4 is 11.6 Å². The van der Waals surface area contributed by atoms with Crippen molar-refractivity contribution in [3.05, 3.63) is 76.1 Å². The molecule has 1 amide bonds. The summed E-state index contributed by atoms with van der Waals surface area (Å²) in [4.78, 5) is 17.6. The summed E-state index contributed by atoms with van der Waals surface area (Å²) in [6.45, 7) is 10.7. The third-order valence-corrected chi connectivity index (χ3v) is 7.74. The van der Waals surface area contributed by atoms with Crippen molar-refractivity contribution in [2.45, 2.75) is 52.5 Å². The Kier molecular flexibility index (Phi) is 8.09. The molecule has 1 fully saturated rings. The predicted molar refractivity (Wildman–Crippen MR) is 148 cm³/mol. The summed E-state index contributed by atoms with van der Waals surface area (Å²) in [5.41, 5.74) is 8.18. The number of benzene rings is 2. The Morgan fingerprint density at radius 2 is 1.86 bits per heavy atom. The number of rotatable bonds is 9. The zero-order valence-electron chi connectivity index (χ0n) is 22.2. The zero-order chi connectivity index (χ0) is 25.6. The topological polar surface area (TPSA) is 73.5 Å². The first-order chi connectivity index (χ1) is 18.1. The molecule has 0 spiro atoms. The van der Waals surface area contributed by atoms with E-state index in [4.69, 9.17) is 4.74 Å². The quantitative estimate of drug-likeness (QED) is 0.425. The molecule has 5 rings (SSSR count). The van der Waals surface area contributed by atoms with E-state index in [1.807, 2.05) is 6.07 Å². The summed E-state index contributed by atoms with van der Waals surface area (Å²) in [6, 6.07) is 15.0. The summed E-state index contributed by atoms with van der Waals surface area (Å²) in [5, 5.41) is 10.3. The second kappa shape index (κ2) is 11.8. The van der Waals surface area contributed by atoms with Gasteiger partial charge in [-0.2, -0.15) is 5.10 Å². The molecule has 1 aromatic heterocycles. The van der Waals surface area contributed by atoms with Crippen molar-refractivity contribution < 1.29 is 9.53 Å². The van der Waals surface area contributed by atoms with Gasteiger partial charge >= 0.3 is 0 Å². The SMILES string of the molecule is Cc1cccc(N2CCN(Cc3cccc(OCCCNC(=O)c4n[nH]c5c4CCCC5)c3)CC2)c1C. The maximum absolute atomic E-state index is 12.5. The van der Waals surface area contributed by atoms with Gasteiger partial charge in [0.05, 0.1) is 6.61 Å². The molecule has 1 aliphatic carbocycles. The van der Waals surface area contributed by atoms with Gasteiger partial charge in [0.25, 0.3) is 5.91 Å². The monoisotopic (exact) mass is 501 g/mol. The third-order valence-electron chi connectivity index (χ3n) is 7.74. The van der Waals surface area contributed by atoms with Gasteiger partial charge in [-0.3, -0.25) is 14.8 Å². The molecule has 0 unspecified atom stereocenters. The van der Waals surface area contributed by atoms with Gasteiger partial charge in [0.1, 0.15) is 5.75 Å². The van der Waals surface area contributed by atoms with Crippen LogP contribution in [0.1, 0.15) is 57.7 Å². The minimum absolute atomic E-state index is 0.0842. The van der Waals surface area contributed by atoms with Gasteiger partial charge in [0, 0.05) is 56.2 Å². The molecule has 2 aromatic carbocycles. The van der Waals surface area contributed by atoms with E-state index in [0.717, 1.165) is 75.4 Å². The van der Waals surface area contributed by atoms with Crippen molar-refractivity contribution in [2.24, 2.45) is 0 Å². The lowest BCUT2D eigenvalue weighted by atomic mass is 9.96. The molecule has 0 radical (unpaired) electrons. The average Bonchev–Trinajstić information content (AvgIpc) is 3.35. The summed E-state index contributed by atoms with van der Waals surface area (Å²) in [7, 11) is 0. The Morgan fingerprint density at radius 1 is 1.05 bits per heavy atom. The van der Waals surface area contributed by atoms with Crippen LogP contribution in [-0.2, 0) is 19.4 Å². The van der Waals surface area contributed by atoms with E-state index in [1.54, 1.807) is 0 Å². The largest absolute Gasteiger partial charge is 0.494 e. The number of ether oxygens (including phenoxy) is 1. The minimum Gasteiger partial charge on any atom is -0.494 e. The molecular formula is C30H39N5O2. The van der Waals surface area contributed by atoms with Crippen LogP contribution in [0.5, 0.6) is 5.75 Å². The van der Waals surface area contributed by atoms with E-state index in [9.17, 15) is 4.79 Å². The fraction of sp³-hybridized carbons (Fsp3) is 0.467. The van der Waals surface area contributed by atoms with E-state index in [-0.39, 0.29) is 5.91 Å². The number of nitrogens with one attached hydrogen (secondary N) is 2. The normalized spacial score (nSPS) is 15.9. The van der Waals surface area contributed by atoms with E-state index in [2.05, 4.69) is 75.6 Å². The van der Waals surface area contributed by atoms with Crippen LogP contribution in [0.25, 0.3) is 0 Å². The van der Waals surface area contributed by atoms with E-state index >= 15 is 0 Å². The highest BCUT2D eigenvalue weighted by molar-refractivity contribution is 5.94. The second-order valence-electron chi connectivity index (χ2n) is 10.3. The molecule has 2 heterocycles. The van der Waals surface area contributed by atoms with Crippen LogP contribution in [0.15, 0.2) is 42.5 Å². The van der Waals surface area contributed by atoms with Gasteiger partial charge in [0.2, 0.25) is 0 Å². The molecule has 0 saturated carbocycles. The van der Waals surface area contributed by atoms with Crippen molar-refractivity contribution in [2.75, 3.05) is 44.2 Å². The number of H-pyrrole nitrogens is 1. The van der Waals surface area contributed by atoms with Crippen LogP contribution in [-0.4, -0.2) is 60.3 Å². The first-order valence-corrected chi connectivity index (χ1v) is 13.7. The maximum Gasteiger partial charge on any atom is 0.272 e. The number of piperazine rings is 1. The van der Waals surface area contributed by atoms with E-state index in [0.29, 0.717) is 18.8 Å². The van der Waals surface area contributed by atoms with Crippen molar-refractivity contribution in [1.29, 1.82) is 0 Å². The first kappa shape index (κ1) is 25.3. The number of carbonyl (C=O) groups excluding carboxylic acids is 1. The van der Waals surface area contributed by atoms with Crippen molar-refractivity contribution in [1.82, 2.24) is 20.4 Å². The maximum atomic E-state index is 12.5. The van der Waals surface area contributed by atoms with Crippen LogP contribution in [0.3, 0.4) is 0 Å². The number of aromatic amines is 1. The highest BCUT2D eigenvalue weighted by atomic mass is 16.5. The molecule has 7 nitrogen and oxygen atoms in total. The standard InChI is InChI=1S/C30H39N5O2/c1-22-8-5-13-28(23(22)2)35-17-15-34(16-18-35)21-24-9-6-10-25(20-24)37-19-7-14-31-30(36)29-26-11-3-4-12-27(26)32-33-29/h5-6,8-10,13,20H,3-4,7,11-12,14-19,21H2,1-2H3,(H,31,36)(H,32,33). The molecule has 37 heavy (non-hydrogen) atoms. The highest BCUT2D eigenvalue weighted by Gasteiger charge is 2.21. The van der Waals surface area contributed by atoms with Gasteiger partial charge in [-0.1, -0.05) is 24.3 Å². The molecule has 1 aliphatic heterocycles. The van der Waals surface area contributed by atoms with Gasteiger partial charge < -0.3 is 15.0 Å². The van der Waals surface area contributed by atoms with Crippen LogP contribution >= 0.6 is 0 Å². The predicted octanol–water partition coefficient (Wildman–Crippen LogP) is 4.43. The lowest BCUT2D eigenvalue weighted by molar-refractivity contribution is 0.0945. The summed E-state index contributed by atoms with van der Waals surface area (Å²) >= 11 is 0.